The summed E-state index contributed by atoms with van der Waals surface area (Å²) >= 11 is 0. The van der Waals surface area contributed by atoms with Crippen LogP contribution < -0.4 is 5.73 Å². The van der Waals surface area contributed by atoms with Gasteiger partial charge in [0.15, 0.2) is 0 Å². The summed E-state index contributed by atoms with van der Waals surface area (Å²) in [5.74, 6) is 0.624. The first-order valence-electron chi connectivity index (χ1n) is 6.94. The number of hydrogen-bond acceptors (Lipinski definition) is 2. The average Bonchev–Trinajstić information content (AvgIpc) is 2.67. The minimum absolute atomic E-state index is 0.384. The topological polar surface area (TPSA) is 29.3 Å². The van der Waals surface area contributed by atoms with Gasteiger partial charge in [-0.25, -0.2) is 0 Å². The first-order valence-corrected chi connectivity index (χ1v) is 6.94. The van der Waals surface area contributed by atoms with E-state index in [4.69, 9.17) is 5.73 Å². The Balaban J connectivity index is 2.08. The maximum atomic E-state index is 12.7. The second-order valence-corrected chi connectivity index (χ2v) is 5.87. The largest absolute Gasteiger partial charge is 0.416 e. The Labute approximate surface area is 117 Å². The van der Waals surface area contributed by atoms with Crippen LogP contribution in [0.15, 0.2) is 24.3 Å². The zero-order valence-corrected chi connectivity index (χ0v) is 11.8. The summed E-state index contributed by atoms with van der Waals surface area (Å²) in [7, 11) is 0. The van der Waals surface area contributed by atoms with Crippen LogP contribution in [0, 0.1) is 5.92 Å². The van der Waals surface area contributed by atoms with E-state index in [-0.39, 0.29) is 6.04 Å². The third-order valence-corrected chi connectivity index (χ3v) is 3.99. The van der Waals surface area contributed by atoms with E-state index >= 15 is 0 Å². The zero-order valence-electron chi connectivity index (χ0n) is 11.8. The summed E-state index contributed by atoms with van der Waals surface area (Å²) in [4.78, 5) is 2.26. The Kier molecular flexibility index (Phi) is 4.39. The Hall–Kier alpha value is -1.07. The van der Waals surface area contributed by atoms with Gasteiger partial charge in [0.1, 0.15) is 0 Å². The summed E-state index contributed by atoms with van der Waals surface area (Å²) in [6.07, 6.45) is -3.19. The lowest BCUT2D eigenvalue weighted by atomic mass is 10.0. The molecule has 0 radical (unpaired) electrons. The molecule has 0 saturated carbocycles. The van der Waals surface area contributed by atoms with Crippen LogP contribution in [0.25, 0.3) is 0 Å². The second kappa shape index (κ2) is 5.74. The van der Waals surface area contributed by atoms with Crippen molar-refractivity contribution in [1.82, 2.24) is 4.90 Å². The normalized spacial score (nSPS) is 25.9. The van der Waals surface area contributed by atoms with Crippen LogP contribution >= 0.6 is 0 Å². The van der Waals surface area contributed by atoms with E-state index in [1.807, 2.05) is 0 Å². The molecule has 0 spiro atoms. The molecule has 0 aromatic heterocycles. The lowest BCUT2D eigenvalue weighted by Crippen LogP contribution is -2.34. The maximum Gasteiger partial charge on any atom is 0.416 e. The third-order valence-electron chi connectivity index (χ3n) is 3.99. The molecule has 1 aliphatic heterocycles. The summed E-state index contributed by atoms with van der Waals surface area (Å²) < 4.78 is 38.1. The standard InChI is InChI=1S/C15H21F3N2/c1-10-6-11(2)20(8-10)9-14(19)12-4-3-5-13(7-12)15(16,17)18/h3-5,7,10-11,14H,6,8-9,19H2,1-2H3. The van der Waals surface area contributed by atoms with Gasteiger partial charge in [-0.1, -0.05) is 19.1 Å². The predicted molar refractivity (Wildman–Crippen MR) is 73.2 cm³/mol. The summed E-state index contributed by atoms with van der Waals surface area (Å²) in [5.41, 5.74) is 6.00. The van der Waals surface area contributed by atoms with Crippen molar-refractivity contribution in [2.24, 2.45) is 11.7 Å². The van der Waals surface area contributed by atoms with Crippen LogP contribution in [-0.2, 0) is 6.18 Å². The van der Waals surface area contributed by atoms with Gasteiger partial charge in [0.25, 0.3) is 0 Å². The highest BCUT2D eigenvalue weighted by Crippen LogP contribution is 2.31. The van der Waals surface area contributed by atoms with Gasteiger partial charge in [-0.2, -0.15) is 13.2 Å². The molecule has 3 atom stereocenters. The monoisotopic (exact) mass is 286 g/mol. The number of rotatable bonds is 3. The van der Waals surface area contributed by atoms with Crippen LogP contribution in [0.4, 0.5) is 13.2 Å². The number of hydrogen-bond donors (Lipinski definition) is 1. The molecule has 1 aliphatic rings. The van der Waals surface area contributed by atoms with E-state index in [0.717, 1.165) is 25.1 Å². The van der Waals surface area contributed by atoms with Crippen LogP contribution in [-0.4, -0.2) is 24.0 Å². The van der Waals surface area contributed by atoms with Crippen molar-refractivity contribution in [3.8, 4) is 0 Å². The number of nitrogens with zero attached hydrogens (tertiary/aromatic N) is 1. The molecule has 2 rings (SSSR count). The second-order valence-electron chi connectivity index (χ2n) is 5.87. The molecule has 0 amide bonds. The predicted octanol–water partition coefficient (Wildman–Crippen LogP) is 3.44. The molecule has 20 heavy (non-hydrogen) atoms. The SMILES string of the molecule is CC1CC(C)N(CC(N)c2cccc(C(F)(F)F)c2)C1. The number of halogens is 3. The van der Waals surface area contributed by atoms with E-state index in [1.54, 1.807) is 6.07 Å². The Morgan fingerprint density at radius 2 is 2.05 bits per heavy atom. The molecule has 112 valence electrons. The fourth-order valence-electron chi connectivity index (χ4n) is 2.94. The summed E-state index contributed by atoms with van der Waals surface area (Å²) in [6.45, 7) is 5.90. The number of nitrogens with two attached hydrogens (primary N) is 1. The molecular weight excluding hydrogens is 265 g/mol. The van der Waals surface area contributed by atoms with Crippen LogP contribution in [0.5, 0.6) is 0 Å². The van der Waals surface area contributed by atoms with Crippen molar-refractivity contribution < 1.29 is 13.2 Å². The maximum absolute atomic E-state index is 12.7. The average molecular weight is 286 g/mol. The number of likely N-dealkylation sites (tertiary alicyclic amines) is 1. The first kappa shape index (κ1) is 15.3. The van der Waals surface area contributed by atoms with Crippen LogP contribution in [0.2, 0.25) is 0 Å². The molecule has 1 fully saturated rings. The smallest absolute Gasteiger partial charge is 0.323 e. The fourth-order valence-corrected chi connectivity index (χ4v) is 2.94. The van der Waals surface area contributed by atoms with Gasteiger partial charge in [-0.05, 0) is 37.0 Å². The lowest BCUT2D eigenvalue weighted by molar-refractivity contribution is -0.137. The van der Waals surface area contributed by atoms with Crippen molar-refractivity contribution in [1.29, 1.82) is 0 Å². The highest BCUT2D eigenvalue weighted by Gasteiger charge is 2.31. The lowest BCUT2D eigenvalue weighted by Gasteiger charge is -2.25. The Bertz CT molecular complexity index is 459. The van der Waals surface area contributed by atoms with E-state index in [0.29, 0.717) is 24.1 Å². The molecule has 1 aromatic rings. The molecule has 1 aromatic carbocycles. The van der Waals surface area contributed by atoms with E-state index in [1.165, 1.54) is 6.07 Å². The highest BCUT2D eigenvalue weighted by molar-refractivity contribution is 5.28. The fraction of sp³-hybridized carbons (Fsp3) is 0.600. The Morgan fingerprint density at radius 1 is 1.35 bits per heavy atom. The summed E-state index contributed by atoms with van der Waals surface area (Å²) in [6, 6.07) is 5.40. The summed E-state index contributed by atoms with van der Waals surface area (Å²) in [5, 5.41) is 0. The Morgan fingerprint density at radius 3 is 2.60 bits per heavy atom. The van der Waals surface area contributed by atoms with Crippen molar-refractivity contribution in [2.45, 2.75) is 38.5 Å². The molecular formula is C15H21F3N2. The van der Waals surface area contributed by atoms with Gasteiger partial charge in [0, 0.05) is 25.2 Å². The van der Waals surface area contributed by atoms with Gasteiger partial charge in [0.2, 0.25) is 0 Å². The zero-order chi connectivity index (χ0) is 14.9. The molecule has 3 unspecified atom stereocenters. The molecule has 1 saturated heterocycles. The van der Waals surface area contributed by atoms with Crippen molar-refractivity contribution >= 4 is 0 Å². The number of alkyl halides is 3. The van der Waals surface area contributed by atoms with Crippen LogP contribution in [0.1, 0.15) is 37.4 Å². The number of benzene rings is 1. The third kappa shape index (κ3) is 3.52. The molecule has 1 heterocycles. The van der Waals surface area contributed by atoms with Gasteiger partial charge in [0.05, 0.1) is 5.56 Å². The van der Waals surface area contributed by atoms with Gasteiger partial charge < -0.3 is 5.73 Å². The highest BCUT2D eigenvalue weighted by atomic mass is 19.4. The van der Waals surface area contributed by atoms with Crippen LogP contribution in [0.3, 0.4) is 0 Å². The molecule has 2 nitrogen and oxygen atoms in total. The van der Waals surface area contributed by atoms with E-state index < -0.39 is 11.7 Å². The molecule has 0 bridgehead atoms. The molecule has 2 N–H and O–H groups in total. The molecule has 0 aliphatic carbocycles. The van der Waals surface area contributed by atoms with E-state index in [2.05, 4.69) is 18.7 Å². The first-order chi connectivity index (χ1) is 9.27. The minimum atomic E-state index is -4.31. The minimum Gasteiger partial charge on any atom is -0.323 e. The van der Waals surface area contributed by atoms with Crippen molar-refractivity contribution in [3.05, 3.63) is 35.4 Å². The van der Waals surface area contributed by atoms with Gasteiger partial charge >= 0.3 is 6.18 Å². The quantitative estimate of drug-likeness (QED) is 0.922. The van der Waals surface area contributed by atoms with E-state index in [9.17, 15) is 13.2 Å². The van der Waals surface area contributed by atoms with Gasteiger partial charge in [-0.3, -0.25) is 4.90 Å². The molecule has 5 heteroatoms. The van der Waals surface area contributed by atoms with Gasteiger partial charge in [-0.15, -0.1) is 0 Å². The van der Waals surface area contributed by atoms with Crippen molar-refractivity contribution in [2.75, 3.05) is 13.1 Å². The van der Waals surface area contributed by atoms with Crippen molar-refractivity contribution in [3.63, 3.8) is 0 Å².